The van der Waals surface area contributed by atoms with E-state index >= 15 is 0 Å². The number of aromatic nitrogens is 2. The Morgan fingerprint density at radius 3 is 2.69 bits per heavy atom. The van der Waals surface area contributed by atoms with Crippen molar-refractivity contribution < 1.29 is 9.13 Å². The quantitative estimate of drug-likeness (QED) is 0.771. The molecule has 0 saturated carbocycles. The van der Waals surface area contributed by atoms with Gasteiger partial charge in [-0.3, -0.25) is 0 Å². The molecule has 0 unspecified atom stereocenters. The van der Waals surface area contributed by atoms with Gasteiger partial charge in [-0.05, 0) is 18.2 Å². The molecule has 82 valence electrons. The highest BCUT2D eigenvalue weighted by molar-refractivity contribution is 6.16. The zero-order chi connectivity index (χ0) is 11.4. The topological polar surface area (TPSA) is 35.0 Å². The van der Waals surface area contributed by atoms with Crippen molar-refractivity contribution in [3.8, 4) is 11.6 Å². The van der Waals surface area contributed by atoms with E-state index < -0.39 is 0 Å². The molecule has 5 heteroatoms. The zero-order valence-corrected chi connectivity index (χ0v) is 8.99. The summed E-state index contributed by atoms with van der Waals surface area (Å²) in [5.41, 5.74) is 0.660. The maximum absolute atomic E-state index is 12.9. The van der Waals surface area contributed by atoms with Crippen LogP contribution in [-0.4, -0.2) is 10.2 Å². The highest BCUT2D eigenvalue weighted by Gasteiger charge is 2.01. The minimum Gasteiger partial charge on any atom is -0.437 e. The van der Waals surface area contributed by atoms with Crippen molar-refractivity contribution in [3.63, 3.8) is 0 Å². The average Bonchev–Trinajstić information content (AvgIpc) is 2.30. The lowest BCUT2D eigenvalue weighted by Gasteiger charge is -2.03. The third kappa shape index (κ3) is 2.67. The van der Waals surface area contributed by atoms with E-state index in [9.17, 15) is 4.39 Å². The van der Waals surface area contributed by atoms with Gasteiger partial charge in [0.2, 0.25) is 5.88 Å². The lowest BCUT2D eigenvalue weighted by atomic mass is 10.3. The van der Waals surface area contributed by atoms with Gasteiger partial charge in [0.15, 0.2) is 0 Å². The standard InChI is InChI=1S/C11H8ClFN2O/c12-7-9-4-5-11(15-14-9)16-10-3-1-2-8(13)6-10/h1-6H,7H2. The molecule has 1 heterocycles. The van der Waals surface area contributed by atoms with Crippen molar-refractivity contribution >= 4 is 11.6 Å². The van der Waals surface area contributed by atoms with Crippen molar-refractivity contribution in [3.05, 3.63) is 47.9 Å². The predicted molar refractivity (Wildman–Crippen MR) is 58.1 cm³/mol. The first-order chi connectivity index (χ1) is 7.78. The Kier molecular flexibility index (Phi) is 3.31. The molecule has 0 atom stereocenters. The summed E-state index contributed by atoms with van der Waals surface area (Å²) in [6.45, 7) is 0. The Bertz CT molecular complexity index is 476. The van der Waals surface area contributed by atoms with E-state index in [1.165, 1.54) is 12.1 Å². The van der Waals surface area contributed by atoms with Gasteiger partial charge in [0, 0.05) is 12.1 Å². The van der Waals surface area contributed by atoms with Crippen LogP contribution in [0.4, 0.5) is 4.39 Å². The molecule has 16 heavy (non-hydrogen) atoms. The molecule has 0 amide bonds. The molecular formula is C11H8ClFN2O. The lowest BCUT2D eigenvalue weighted by Crippen LogP contribution is -1.93. The van der Waals surface area contributed by atoms with Crippen LogP contribution in [0.1, 0.15) is 5.69 Å². The fourth-order valence-electron chi connectivity index (χ4n) is 1.12. The van der Waals surface area contributed by atoms with E-state index in [1.807, 2.05) is 0 Å². The van der Waals surface area contributed by atoms with Gasteiger partial charge < -0.3 is 4.74 Å². The summed E-state index contributed by atoms with van der Waals surface area (Å²) in [4.78, 5) is 0. The van der Waals surface area contributed by atoms with Crippen LogP contribution in [-0.2, 0) is 5.88 Å². The molecule has 0 radical (unpaired) electrons. The fraction of sp³-hybridized carbons (Fsp3) is 0.0909. The Hall–Kier alpha value is -1.68. The zero-order valence-electron chi connectivity index (χ0n) is 8.23. The Morgan fingerprint density at radius 1 is 1.19 bits per heavy atom. The molecule has 0 saturated heterocycles. The second-order valence-corrected chi connectivity index (χ2v) is 3.32. The molecule has 0 fully saturated rings. The fourth-order valence-corrected chi connectivity index (χ4v) is 1.27. The molecule has 0 N–H and O–H groups in total. The van der Waals surface area contributed by atoms with Crippen LogP contribution < -0.4 is 4.74 Å². The first-order valence-corrected chi connectivity index (χ1v) is 5.13. The van der Waals surface area contributed by atoms with Crippen LogP contribution in [0.3, 0.4) is 0 Å². The number of benzene rings is 1. The summed E-state index contributed by atoms with van der Waals surface area (Å²) in [6, 6.07) is 9.15. The number of alkyl halides is 1. The van der Waals surface area contributed by atoms with E-state index in [1.54, 1.807) is 24.3 Å². The van der Waals surface area contributed by atoms with Gasteiger partial charge in [0.1, 0.15) is 11.6 Å². The normalized spacial score (nSPS) is 10.1. The molecule has 0 spiro atoms. The Morgan fingerprint density at radius 2 is 2.06 bits per heavy atom. The molecule has 3 nitrogen and oxygen atoms in total. The lowest BCUT2D eigenvalue weighted by molar-refractivity contribution is 0.450. The van der Waals surface area contributed by atoms with E-state index in [4.69, 9.17) is 16.3 Å². The minimum atomic E-state index is -0.358. The highest BCUT2D eigenvalue weighted by atomic mass is 35.5. The van der Waals surface area contributed by atoms with E-state index in [2.05, 4.69) is 10.2 Å². The van der Waals surface area contributed by atoms with Gasteiger partial charge in [0.25, 0.3) is 0 Å². The van der Waals surface area contributed by atoms with Crippen LogP contribution >= 0.6 is 11.6 Å². The van der Waals surface area contributed by atoms with Crippen LogP contribution in [0.15, 0.2) is 36.4 Å². The largest absolute Gasteiger partial charge is 0.437 e. The Balaban J connectivity index is 2.14. The second-order valence-electron chi connectivity index (χ2n) is 3.06. The molecule has 2 rings (SSSR count). The van der Waals surface area contributed by atoms with Gasteiger partial charge in [-0.15, -0.1) is 16.7 Å². The number of halogens is 2. The maximum Gasteiger partial charge on any atom is 0.238 e. The first kappa shape index (κ1) is 10.8. The number of hydrogen-bond donors (Lipinski definition) is 0. The van der Waals surface area contributed by atoms with Gasteiger partial charge in [-0.1, -0.05) is 6.07 Å². The van der Waals surface area contributed by atoms with Gasteiger partial charge in [-0.25, -0.2) is 4.39 Å². The number of rotatable bonds is 3. The average molecular weight is 239 g/mol. The van der Waals surface area contributed by atoms with Crippen LogP contribution in [0, 0.1) is 5.82 Å². The molecule has 2 aromatic rings. The SMILES string of the molecule is Fc1cccc(Oc2ccc(CCl)nn2)c1. The Labute approximate surface area is 96.8 Å². The van der Waals surface area contributed by atoms with Crippen molar-refractivity contribution in [2.75, 3.05) is 0 Å². The summed E-state index contributed by atoms with van der Waals surface area (Å²) >= 11 is 5.57. The van der Waals surface area contributed by atoms with Crippen molar-refractivity contribution in [1.82, 2.24) is 10.2 Å². The summed E-state index contributed by atoms with van der Waals surface area (Å²) in [7, 11) is 0. The maximum atomic E-state index is 12.9. The molecule has 0 aliphatic rings. The van der Waals surface area contributed by atoms with Crippen LogP contribution in [0.5, 0.6) is 11.6 Å². The smallest absolute Gasteiger partial charge is 0.238 e. The van der Waals surface area contributed by atoms with Crippen molar-refractivity contribution in [2.24, 2.45) is 0 Å². The minimum absolute atomic E-state index is 0.299. The molecule has 1 aromatic carbocycles. The molecule has 0 aliphatic carbocycles. The predicted octanol–water partition coefficient (Wildman–Crippen LogP) is 3.15. The summed E-state index contributed by atoms with van der Waals surface area (Å²) in [5, 5.41) is 7.61. The van der Waals surface area contributed by atoms with E-state index in [-0.39, 0.29) is 5.82 Å². The summed E-state index contributed by atoms with van der Waals surface area (Å²) in [6.07, 6.45) is 0. The van der Waals surface area contributed by atoms with Crippen molar-refractivity contribution in [1.29, 1.82) is 0 Å². The highest BCUT2D eigenvalue weighted by Crippen LogP contribution is 2.19. The monoisotopic (exact) mass is 238 g/mol. The number of ether oxygens (including phenoxy) is 1. The third-order valence-corrected chi connectivity index (χ3v) is 2.12. The molecular weight excluding hydrogens is 231 g/mol. The molecule has 1 aromatic heterocycles. The third-order valence-electron chi connectivity index (χ3n) is 1.85. The van der Waals surface area contributed by atoms with E-state index in [0.717, 1.165) is 0 Å². The number of hydrogen-bond acceptors (Lipinski definition) is 3. The van der Waals surface area contributed by atoms with Crippen molar-refractivity contribution in [2.45, 2.75) is 5.88 Å². The summed E-state index contributed by atoms with van der Waals surface area (Å²) < 4.78 is 18.2. The van der Waals surface area contributed by atoms with E-state index in [0.29, 0.717) is 23.2 Å². The van der Waals surface area contributed by atoms with Gasteiger partial charge >= 0.3 is 0 Å². The van der Waals surface area contributed by atoms with Crippen LogP contribution in [0.25, 0.3) is 0 Å². The van der Waals surface area contributed by atoms with Crippen LogP contribution in [0.2, 0.25) is 0 Å². The first-order valence-electron chi connectivity index (χ1n) is 4.60. The number of nitrogens with zero attached hydrogens (tertiary/aromatic N) is 2. The second kappa shape index (κ2) is 4.90. The molecule has 0 bridgehead atoms. The summed E-state index contributed by atoms with van der Waals surface area (Å²) in [5.74, 6) is 0.628. The molecule has 0 aliphatic heterocycles. The van der Waals surface area contributed by atoms with Gasteiger partial charge in [0.05, 0.1) is 11.6 Å². The van der Waals surface area contributed by atoms with Gasteiger partial charge in [-0.2, -0.15) is 5.10 Å².